The predicted octanol–water partition coefficient (Wildman–Crippen LogP) is 5.15. The highest BCUT2D eigenvalue weighted by Crippen LogP contribution is 2.24. The Bertz CT molecular complexity index is 569. The number of aliphatic hydroxyl groups excluding tert-OH is 1. The zero-order valence-electron chi connectivity index (χ0n) is 10.8. The van der Waals surface area contributed by atoms with E-state index in [1.807, 2.05) is 24.3 Å². The van der Waals surface area contributed by atoms with Gasteiger partial charge in [0.2, 0.25) is 0 Å². The molecule has 1 N–H and O–H groups in total. The molecule has 0 heterocycles. The van der Waals surface area contributed by atoms with Gasteiger partial charge >= 0.3 is 0 Å². The summed E-state index contributed by atoms with van der Waals surface area (Å²) in [5.41, 5.74) is 2.31. The van der Waals surface area contributed by atoms with Crippen LogP contribution in [-0.4, -0.2) is 11.7 Å². The molecule has 20 heavy (non-hydrogen) atoms. The van der Waals surface area contributed by atoms with Gasteiger partial charge in [-0.15, -0.1) is 0 Å². The third kappa shape index (κ3) is 4.49. The van der Waals surface area contributed by atoms with Gasteiger partial charge in [-0.25, -0.2) is 0 Å². The molecular weight excluding hydrogens is 359 g/mol. The molecule has 0 aliphatic heterocycles. The lowest BCUT2D eigenvalue weighted by Crippen LogP contribution is -2.13. The fourth-order valence-corrected chi connectivity index (χ4v) is 2.74. The van der Waals surface area contributed by atoms with Crippen LogP contribution in [0.25, 0.3) is 0 Å². The van der Waals surface area contributed by atoms with E-state index in [1.165, 1.54) is 5.56 Å². The van der Waals surface area contributed by atoms with Gasteiger partial charge in [-0.1, -0.05) is 57.3 Å². The van der Waals surface area contributed by atoms with Crippen molar-refractivity contribution in [2.45, 2.75) is 12.8 Å². The van der Waals surface area contributed by atoms with Gasteiger partial charge in [-0.2, -0.15) is 0 Å². The molecule has 0 saturated heterocycles. The van der Waals surface area contributed by atoms with E-state index in [0.29, 0.717) is 10.0 Å². The van der Waals surface area contributed by atoms with Crippen LogP contribution in [0.1, 0.15) is 11.1 Å². The minimum atomic E-state index is 0.149. The molecule has 0 saturated carbocycles. The minimum Gasteiger partial charge on any atom is -0.396 e. The van der Waals surface area contributed by atoms with E-state index >= 15 is 0 Å². The fourth-order valence-electron chi connectivity index (χ4n) is 2.16. The molecule has 0 fully saturated rings. The SMILES string of the molecule is OCC(Cc1ccc(Br)cc1)Cc1ccc(Cl)c(Cl)c1. The summed E-state index contributed by atoms with van der Waals surface area (Å²) < 4.78 is 1.06. The van der Waals surface area contributed by atoms with E-state index < -0.39 is 0 Å². The van der Waals surface area contributed by atoms with Crippen LogP contribution in [0.3, 0.4) is 0 Å². The highest BCUT2D eigenvalue weighted by molar-refractivity contribution is 9.10. The summed E-state index contributed by atoms with van der Waals surface area (Å²) in [7, 11) is 0. The summed E-state index contributed by atoms with van der Waals surface area (Å²) in [5, 5.41) is 10.7. The van der Waals surface area contributed by atoms with Gasteiger partial charge in [0.15, 0.2) is 0 Å². The first-order valence-corrected chi connectivity index (χ1v) is 7.92. The van der Waals surface area contributed by atoms with Gasteiger partial charge in [0.05, 0.1) is 10.0 Å². The van der Waals surface area contributed by atoms with Gasteiger partial charge in [-0.05, 0) is 54.2 Å². The molecule has 1 atom stereocenters. The van der Waals surface area contributed by atoms with E-state index in [4.69, 9.17) is 23.2 Å². The van der Waals surface area contributed by atoms with Crippen molar-refractivity contribution in [3.05, 3.63) is 68.1 Å². The average Bonchev–Trinajstić information content (AvgIpc) is 2.44. The lowest BCUT2D eigenvalue weighted by atomic mass is 9.93. The van der Waals surface area contributed by atoms with Crippen LogP contribution in [-0.2, 0) is 12.8 Å². The van der Waals surface area contributed by atoms with Gasteiger partial charge in [0.1, 0.15) is 0 Å². The summed E-state index contributed by atoms with van der Waals surface area (Å²) in [5.74, 6) is 0.174. The Morgan fingerprint density at radius 1 is 0.900 bits per heavy atom. The maximum absolute atomic E-state index is 9.56. The zero-order valence-corrected chi connectivity index (χ0v) is 13.9. The molecule has 1 nitrogen and oxygen atoms in total. The normalized spacial score (nSPS) is 12.4. The first-order chi connectivity index (χ1) is 9.58. The number of benzene rings is 2. The lowest BCUT2D eigenvalue weighted by Gasteiger charge is -2.15. The molecule has 2 rings (SSSR count). The van der Waals surface area contributed by atoms with Gasteiger partial charge in [-0.3, -0.25) is 0 Å². The Morgan fingerprint density at radius 3 is 2.10 bits per heavy atom. The van der Waals surface area contributed by atoms with Crippen LogP contribution in [0.15, 0.2) is 46.9 Å². The summed E-state index contributed by atoms with van der Waals surface area (Å²) in [6, 6.07) is 13.8. The molecule has 0 amide bonds. The van der Waals surface area contributed by atoms with Gasteiger partial charge in [0.25, 0.3) is 0 Å². The summed E-state index contributed by atoms with van der Waals surface area (Å²) >= 11 is 15.3. The molecule has 1 unspecified atom stereocenters. The van der Waals surface area contributed by atoms with Crippen molar-refractivity contribution >= 4 is 39.1 Å². The Morgan fingerprint density at radius 2 is 1.50 bits per heavy atom. The Kier molecular flexibility index (Phi) is 5.91. The standard InChI is InChI=1S/C16H15BrCl2O/c17-14-4-1-11(2-5-14)7-13(10-20)8-12-3-6-15(18)16(19)9-12/h1-6,9,13,20H,7-8,10H2. The Labute approximate surface area is 137 Å². The number of aliphatic hydroxyl groups is 1. The first-order valence-electron chi connectivity index (χ1n) is 6.37. The molecular formula is C16H15BrCl2O. The van der Waals surface area contributed by atoms with Gasteiger partial charge in [0, 0.05) is 11.1 Å². The number of rotatable bonds is 5. The van der Waals surface area contributed by atoms with Crippen molar-refractivity contribution in [3.8, 4) is 0 Å². The summed E-state index contributed by atoms with van der Waals surface area (Å²) in [6.45, 7) is 0.149. The summed E-state index contributed by atoms with van der Waals surface area (Å²) in [6.07, 6.45) is 1.62. The van der Waals surface area contributed by atoms with Crippen molar-refractivity contribution in [2.24, 2.45) is 5.92 Å². The van der Waals surface area contributed by atoms with E-state index in [1.54, 1.807) is 6.07 Å². The monoisotopic (exact) mass is 372 g/mol. The van der Waals surface area contributed by atoms with Crippen molar-refractivity contribution in [2.75, 3.05) is 6.61 Å². The van der Waals surface area contributed by atoms with Crippen molar-refractivity contribution in [1.82, 2.24) is 0 Å². The third-order valence-electron chi connectivity index (χ3n) is 3.20. The quantitative estimate of drug-likeness (QED) is 0.768. The average molecular weight is 374 g/mol. The topological polar surface area (TPSA) is 20.2 Å². The first kappa shape index (κ1) is 15.8. The molecule has 4 heteroatoms. The van der Waals surface area contributed by atoms with Gasteiger partial charge < -0.3 is 5.11 Å². The number of hydrogen-bond donors (Lipinski definition) is 1. The molecule has 0 bridgehead atoms. The second-order valence-corrected chi connectivity index (χ2v) is 6.56. The second kappa shape index (κ2) is 7.46. The van der Waals surface area contributed by atoms with E-state index in [9.17, 15) is 5.11 Å². The third-order valence-corrected chi connectivity index (χ3v) is 4.47. The fraction of sp³-hybridized carbons (Fsp3) is 0.250. The molecule has 0 spiro atoms. The van der Waals surface area contributed by atoms with E-state index in [-0.39, 0.29) is 12.5 Å². The summed E-state index contributed by atoms with van der Waals surface area (Å²) in [4.78, 5) is 0. The molecule has 0 aliphatic carbocycles. The lowest BCUT2D eigenvalue weighted by molar-refractivity contribution is 0.225. The Balaban J connectivity index is 2.04. The Hall–Kier alpha value is -0.540. The van der Waals surface area contributed by atoms with Crippen LogP contribution in [0, 0.1) is 5.92 Å². The molecule has 2 aromatic carbocycles. The molecule has 0 aromatic heterocycles. The van der Waals surface area contributed by atoms with E-state index in [0.717, 1.165) is 22.9 Å². The largest absolute Gasteiger partial charge is 0.396 e. The van der Waals surface area contributed by atoms with Crippen LogP contribution >= 0.6 is 39.1 Å². The van der Waals surface area contributed by atoms with Crippen LogP contribution in [0.4, 0.5) is 0 Å². The number of hydrogen-bond acceptors (Lipinski definition) is 1. The minimum absolute atomic E-state index is 0.149. The van der Waals surface area contributed by atoms with Crippen molar-refractivity contribution in [1.29, 1.82) is 0 Å². The van der Waals surface area contributed by atoms with Crippen molar-refractivity contribution < 1.29 is 5.11 Å². The number of halogens is 3. The second-order valence-electron chi connectivity index (χ2n) is 4.83. The predicted molar refractivity (Wildman–Crippen MR) is 88.6 cm³/mol. The highest BCUT2D eigenvalue weighted by atomic mass is 79.9. The maximum atomic E-state index is 9.56. The zero-order chi connectivity index (χ0) is 14.5. The molecule has 0 aliphatic rings. The van der Waals surface area contributed by atoms with E-state index in [2.05, 4.69) is 28.1 Å². The smallest absolute Gasteiger partial charge is 0.0595 e. The van der Waals surface area contributed by atoms with Crippen LogP contribution in [0.2, 0.25) is 10.0 Å². The molecule has 0 radical (unpaired) electrons. The van der Waals surface area contributed by atoms with Crippen LogP contribution in [0.5, 0.6) is 0 Å². The van der Waals surface area contributed by atoms with Crippen molar-refractivity contribution in [3.63, 3.8) is 0 Å². The highest BCUT2D eigenvalue weighted by Gasteiger charge is 2.11. The van der Waals surface area contributed by atoms with Crippen LogP contribution < -0.4 is 0 Å². The maximum Gasteiger partial charge on any atom is 0.0595 e. The molecule has 2 aromatic rings. The molecule has 106 valence electrons.